The maximum absolute atomic E-state index is 11.9. The number of carbonyl (C=O) groups excluding carboxylic acids is 1. The van der Waals surface area contributed by atoms with E-state index in [1.54, 1.807) is 0 Å². The second-order valence-corrected chi connectivity index (χ2v) is 5.29. The quantitative estimate of drug-likeness (QED) is 0.787. The largest absolute Gasteiger partial charge is 0.319 e. The van der Waals surface area contributed by atoms with Crippen LogP contribution in [0.25, 0.3) is 0 Å². The van der Waals surface area contributed by atoms with E-state index in [1.807, 2.05) is 7.05 Å². The van der Waals surface area contributed by atoms with Crippen molar-refractivity contribution < 1.29 is 4.79 Å². The lowest BCUT2D eigenvalue weighted by atomic mass is 9.89. The van der Waals surface area contributed by atoms with Crippen LogP contribution in [-0.4, -0.2) is 43.4 Å². The summed E-state index contributed by atoms with van der Waals surface area (Å²) in [7, 11) is 2.02. The Kier molecular flexibility index (Phi) is 4.36. The van der Waals surface area contributed by atoms with Gasteiger partial charge in [-0.05, 0) is 51.7 Å². The highest BCUT2D eigenvalue weighted by Gasteiger charge is 2.31. The van der Waals surface area contributed by atoms with Gasteiger partial charge in [0, 0.05) is 13.0 Å². The molecule has 2 unspecified atom stereocenters. The molecule has 2 fully saturated rings. The van der Waals surface area contributed by atoms with E-state index in [9.17, 15) is 4.79 Å². The molecule has 16 heavy (non-hydrogen) atoms. The summed E-state index contributed by atoms with van der Waals surface area (Å²) in [5.74, 6) is 1.24. The highest BCUT2D eigenvalue weighted by molar-refractivity contribution is 5.84. The topological polar surface area (TPSA) is 32.3 Å². The van der Waals surface area contributed by atoms with E-state index >= 15 is 0 Å². The zero-order chi connectivity index (χ0) is 11.4. The Morgan fingerprint density at radius 1 is 1.31 bits per heavy atom. The number of hydrogen-bond donors (Lipinski definition) is 1. The van der Waals surface area contributed by atoms with Crippen LogP contribution in [-0.2, 0) is 4.79 Å². The molecular formula is C13H24N2O. The lowest BCUT2D eigenvalue weighted by Gasteiger charge is -2.39. The summed E-state index contributed by atoms with van der Waals surface area (Å²) < 4.78 is 0. The Morgan fingerprint density at radius 3 is 2.94 bits per heavy atom. The van der Waals surface area contributed by atoms with Crippen LogP contribution in [0.5, 0.6) is 0 Å². The van der Waals surface area contributed by atoms with Crippen molar-refractivity contribution in [2.24, 2.45) is 5.92 Å². The first-order chi connectivity index (χ1) is 7.81. The average molecular weight is 224 g/mol. The first kappa shape index (κ1) is 12.1. The maximum atomic E-state index is 11.9. The SMILES string of the molecule is CNCC1CCCN(C2CCCCC2=O)C1. The minimum absolute atomic E-state index is 0.258. The van der Waals surface area contributed by atoms with E-state index < -0.39 is 0 Å². The second kappa shape index (κ2) is 5.78. The third-order valence-electron chi connectivity index (χ3n) is 4.01. The Bertz CT molecular complexity index is 240. The molecule has 0 aromatic carbocycles. The Hall–Kier alpha value is -0.410. The van der Waals surface area contributed by atoms with Gasteiger partial charge in [-0.1, -0.05) is 6.42 Å². The Morgan fingerprint density at radius 2 is 2.19 bits per heavy atom. The van der Waals surface area contributed by atoms with Gasteiger partial charge in [-0.15, -0.1) is 0 Å². The monoisotopic (exact) mass is 224 g/mol. The fourth-order valence-corrected chi connectivity index (χ4v) is 3.19. The second-order valence-electron chi connectivity index (χ2n) is 5.29. The highest BCUT2D eigenvalue weighted by Crippen LogP contribution is 2.24. The number of piperidine rings is 1. The van der Waals surface area contributed by atoms with E-state index in [4.69, 9.17) is 0 Å². The summed E-state index contributed by atoms with van der Waals surface area (Å²) in [6, 6.07) is 0.258. The summed E-state index contributed by atoms with van der Waals surface area (Å²) in [5.41, 5.74) is 0. The van der Waals surface area contributed by atoms with Crippen molar-refractivity contribution in [1.29, 1.82) is 0 Å². The lowest BCUT2D eigenvalue weighted by molar-refractivity contribution is -0.127. The van der Waals surface area contributed by atoms with Crippen LogP contribution >= 0.6 is 0 Å². The van der Waals surface area contributed by atoms with Gasteiger partial charge >= 0.3 is 0 Å². The zero-order valence-corrected chi connectivity index (χ0v) is 10.4. The van der Waals surface area contributed by atoms with Crippen LogP contribution < -0.4 is 5.32 Å². The molecule has 1 saturated heterocycles. The van der Waals surface area contributed by atoms with Crippen molar-refractivity contribution in [2.45, 2.75) is 44.6 Å². The molecule has 2 rings (SSSR count). The van der Waals surface area contributed by atoms with Crippen LogP contribution in [0.3, 0.4) is 0 Å². The fraction of sp³-hybridized carbons (Fsp3) is 0.923. The Balaban J connectivity index is 1.89. The normalized spacial score (nSPS) is 32.9. The van der Waals surface area contributed by atoms with Crippen LogP contribution in [0.2, 0.25) is 0 Å². The number of carbonyl (C=O) groups is 1. The van der Waals surface area contributed by atoms with Gasteiger partial charge in [-0.25, -0.2) is 0 Å². The number of ketones is 1. The molecule has 0 amide bonds. The molecule has 0 bridgehead atoms. The molecule has 0 spiro atoms. The molecule has 3 heteroatoms. The summed E-state index contributed by atoms with van der Waals surface area (Å²) in [6.45, 7) is 3.35. The van der Waals surface area contributed by atoms with Gasteiger partial charge < -0.3 is 5.32 Å². The van der Waals surface area contributed by atoms with Gasteiger partial charge in [0.25, 0.3) is 0 Å². The number of nitrogens with one attached hydrogen (secondary N) is 1. The first-order valence-corrected chi connectivity index (χ1v) is 6.72. The molecule has 1 aliphatic heterocycles. The van der Waals surface area contributed by atoms with Gasteiger partial charge in [0.05, 0.1) is 6.04 Å². The van der Waals surface area contributed by atoms with Crippen LogP contribution in [0.4, 0.5) is 0 Å². The van der Waals surface area contributed by atoms with E-state index in [1.165, 1.54) is 19.3 Å². The lowest BCUT2D eigenvalue weighted by Crippen LogP contribution is -2.49. The van der Waals surface area contributed by atoms with Gasteiger partial charge in [0.2, 0.25) is 0 Å². The smallest absolute Gasteiger partial charge is 0.149 e. The van der Waals surface area contributed by atoms with Crippen molar-refractivity contribution in [3.05, 3.63) is 0 Å². The molecular weight excluding hydrogens is 200 g/mol. The number of Topliss-reactive ketones (excluding diaryl/α,β-unsaturated/α-hetero) is 1. The number of likely N-dealkylation sites (tertiary alicyclic amines) is 1. The zero-order valence-electron chi connectivity index (χ0n) is 10.4. The molecule has 92 valence electrons. The molecule has 2 aliphatic rings. The molecule has 0 radical (unpaired) electrons. The van der Waals surface area contributed by atoms with Crippen LogP contribution in [0, 0.1) is 5.92 Å². The molecule has 1 heterocycles. The van der Waals surface area contributed by atoms with Gasteiger partial charge in [0.15, 0.2) is 0 Å². The predicted molar refractivity (Wildman–Crippen MR) is 65.5 cm³/mol. The number of rotatable bonds is 3. The molecule has 1 saturated carbocycles. The third kappa shape index (κ3) is 2.83. The predicted octanol–water partition coefficient (Wildman–Crippen LogP) is 1.43. The van der Waals surface area contributed by atoms with Crippen molar-refractivity contribution >= 4 is 5.78 Å². The van der Waals surface area contributed by atoms with Crippen molar-refractivity contribution in [2.75, 3.05) is 26.7 Å². The third-order valence-corrected chi connectivity index (χ3v) is 4.01. The molecule has 1 aliphatic carbocycles. The van der Waals surface area contributed by atoms with E-state index in [2.05, 4.69) is 10.2 Å². The van der Waals surface area contributed by atoms with E-state index in [-0.39, 0.29) is 6.04 Å². The minimum Gasteiger partial charge on any atom is -0.319 e. The van der Waals surface area contributed by atoms with E-state index in [0.29, 0.717) is 5.78 Å². The number of hydrogen-bond acceptors (Lipinski definition) is 3. The van der Waals surface area contributed by atoms with Crippen LogP contribution in [0.1, 0.15) is 38.5 Å². The summed E-state index contributed by atoms with van der Waals surface area (Å²) in [4.78, 5) is 14.4. The van der Waals surface area contributed by atoms with E-state index in [0.717, 1.165) is 44.8 Å². The molecule has 2 atom stereocenters. The summed E-state index contributed by atoms with van der Waals surface area (Å²) >= 11 is 0. The van der Waals surface area contributed by atoms with Gasteiger partial charge in [-0.2, -0.15) is 0 Å². The standard InChI is InChI=1S/C13H24N2O/c1-14-9-11-5-4-8-15(10-11)12-6-2-3-7-13(12)16/h11-12,14H,2-10H2,1H3. The molecule has 0 aromatic rings. The van der Waals surface area contributed by atoms with Crippen molar-refractivity contribution in [1.82, 2.24) is 10.2 Å². The Labute approximate surface area is 98.6 Å². The van der Waals surface area contributed by atoms with Crippen molar-refractivity contribution in [3.63, 3.8) is 0 Å². The van der Waals surface area contributed by atoms with Crippen LogP contribution in [0.15, 0.2) is 0 Å². The minimum atomic E-state index is 0.258. The summed E-state index contributed by atoms with van der Waals surface area (Å²) in [5, 5.41) is 3.26. The average Bonchev–Trinajstić information content (AvgIpc) is 2.30. The van der Waals surface area contributed by atoms with Gasteiger partial charge in [0.1, 0.15) is 5.78 Å². The molecule has 1 N–H and O–H groups in total. The first-order valence-electron chi connectivity index (χ1n) is 6.72. The summed E-state index contributed by atoms with van der Waals surface area (Å²) in [6.07, 6.45) is 6.85. The fourth-order valence-electron chi connectivity index (χ4n) is 3.19. The maximum Gasteiger partial charge on any atom is 0.149 e. The van der Waals surface area contributed by atoms with Gasteiger partial charge in [-0.3, -0.25) is 9.69 Å². The number of nitrogens with zero attached hydrogens (tertiary/aromatic N) is 1. The highest BCUT2D eigenvalue weighted by atomic mass is 16.1. The van der Waals surface area contributed by atoms with Crippen molar-refractivity contribution in [3.8, 4) is 0 Å². The molecule has 3 nitrogen and oxygen atoms in total. The molecule has 0 aromatic heterocycles.